The lowest BCUT2D eigenvalue weighted by Gasteiger charge is -2.24. The van der Waals surface area contributed by atoms with Gasteiger partial charge >= 0.3 is 0 Å². The van der Waals surface area contributed by atoms with Crippen molar-refractivity contribution in [2.45, 2.75) is 31.9 Å². The summed E-state index contributed by atoms with van der Waals surface area (Å²) in [5, 5.41) is 2.06. The molecule has 2 nitrogen and oxygen atoms in total. The topological polar surface area (TPSA) is 35.2 Å². The molecule has 0 bridgehead atoms. The zero-order chi connectivity index (χ0) is 14.4. The van der Waals surface area contributed by atoms with Gasteiger partial charge in [0.1, 0.15) is 5.82 Å². The molecule has 0 aliphatic rings. The first-order valence-corrected chi connectivity index (χ1v) is 7.73. The first-order chi connectivity index (χ1) is 9.70. The molecule has 2 N–H and O–H groups in total. The highest BCUT2D eigenvalue weighted by atomic mass is 32.1. The monoisotopic (exact) mass is 293 g/mol. The van der Waals surface area contributed by atoms with Gasteiger partial charge in [0, 0.05) is 17.3 Å². The highest BCUT2D eigenvalue weighted by Crippen LogP contribution is 2.23. The van der Waals surface area contributed by atoms with Crippen molar-refractivity contribution in [1.29, 1.82) is 0 Å². The minimum atomic E-state index is -0.240. The summed E-state index contributed by atoms with van der Waals surface area (Å²) in [7, 11) is 0. The lowest BCUT2D eigenvalue weighted by molar-refractivity contribution is 0.0357. The molecule has 20 heavy (non-hydrogen) atoms. The van der Waals surface area contributed by atoms with Crippen molar-refractivity contribution in [2.24, 2.45) is 5.73 Å². The Labute approximate surface area is 123 Å². The van der Waals surface area contributed by atoms with E-state index in [2.05, 4.69) is 11.4 Å². The van der Waals surface area contributed by atoms with Gasteiger partial charge in [-0.3, -0.25) is 0 Å². The Morgan fingerprint density at radius 1 is 1.25 bits per heavy atom. The van der Waals surface area contributed by atoms with Crippen molar-refractivity contribution in [2.75, 3.05) is 6.61 Å². The third-order valence-corrected chi connectivity index (χ3v) is 4.22. The Morgan fingerprint density at radius 3 is 2.60 bits per heavy atom. The summed E-state index contributed by atoms with van der Waals surface area (Å²) in [5.74, 6) is -0.240. The summed E-state index contributed by atoms with van der Waals surface area (Å²) in [5.41, 5.74) is 7.07. The summed E-state index contributed by atoms with van der Waals surface area (Å²) in [6.07, 6.45) is 1.52. The zero-order valence-corrected chi connectivity index (χ0v) is 12.4. The fourth-order valence-electron chi connectivity index (χ4n) is 2.07. The van der Waals surface area contributed by atoms with E-state index in [1.54, 1.807) is 23.5 Å². The van der Waals surface area contributed by atoms with Crippen LogP contribution < -0.4 is 5.73 Å². The van der Waals surface area contributed by atoms with E-state index in [4.69, 9.17) is 10.5 Å². The second-order valence-corrected chi connectivity index (χ2v) is 5.78. The van der Waals surface area contributed by atoms with Crippen LogP contribution in [0.4, 0.5) is 4.39 Å². The van der Waals surface area contributed by atoms with Crippen molar-refractivity contribution in [3.05, 3.63) is 58.0 Å². The van der Waals surface area contributed by atoms with Gasteiger partial charge in [0.05, 0.1) is 12.7 Å². The van der Waals surface area contributed by atoms with Crippen LogP contribution in [0, 0.1) is 5.82 Å². The normalized spacial score (nSPS) is 14.2. The van der Waals surface area contributed by atoms with E-state index in [0.29, 0.717) is 6.61 Å². The molecule has 1 heterocycles. The number of nitrogens with two attached hydrogens (primary N) is 1. The maximum absolute atomic E-state index is 13.0. The van der Waals surface area contributed by atoms with Crippen molar-refractivity contribution in [1.82, 2.24) is 0 Å². The van der Waals surface area contributed by atoms with E-state index >= 15 is 0 Å². The Kier molecular flexibility index (Phi) is 5.71. The van der Waals surface area contributed by atoms with Crippen LogP contribution in [0.1, 0.15) is 29.9 Å². The molecule has 1 aromatic heterocycles. The molecule has 4 heteroatoms. The van der Waals surface area contributed by atoms with Crippen LogP contribution in [-0.4, -0.2) is 12.6 Å². The van der Waals surface area contributed by atoms with Gasteiger partial charge < -0.3 is 10.5 Å². The number of halogens is 1. The lowest BCUT2D eigenvalue weighted by atomic mass is 10.0. The summed E-state index contributed by atoms with van der Waals surface area (Å²) < 4.78 is 19.0. The van der Waals surface area contributed by atoms with E-state index in [0.717, 1.165) is 18.4 Å². The van der Waals surface area contributed by atoms with E-state index in [9.17, 15) is 4.39 Å². The largest absolute Gasteiger partial charge is 0.372 e. The number of rotatable bonds is 7. The van der Waals surface area contributed by atoms with Crippen molar-refractivity contribution in [3.63, 3.8) is 0 Å². The van der Waals surface area contributed by atoms with E-state index in [1.165, 1.54) is 17.0 Å². The van der Waals surface area contributed by atoms with E-state index in [1.807, 2.05) is 13.0 Å². The van der Waals surface area contributed by atoms with Crippen LogP contribution in [0.5, 0.6) is 0 Å². The summed E-state index contributed by atoms with van der Waals surface area (Å²) >= 11 is 1.73. The fraction of sp³-hybridized carbons (Fsp3) is 0.375. The summed E-state index contributed by atoms with van der Waals surface area (Å²) in [4.78, 5) is 1.30. The third kappa shape index (κ3) is 4.13. The number of hydrogen-bond donors (Lipinski definition) is 1. The molecule has 108 valence electrons. The van der Waals surface area contributed by atoms with E-state index in [-0.39, 0.29) is 18.0 Å². The van der Waals surface area contributed by atoms with Crippen molar-refractivity contribution in [3.8, 4) is 0 Å². The smallest absolute Gasteiger partial charge is 0.123 e. The molecule has 2 unspecified atom stereocenters. The molecule has 0 aliphatic carbocycles. The van der Waals surface area contributed by atoms with Crippen LogP contribution in [0.3, 0.4) is 0 Å². The summed E-state index contributed by atoms with van der Waals surface area (Å²) in [6.45, 7) is 2.65. The predicted molar refractivity (Wildman–Crippen MR) is 81.4 cm³/mol. The predicted octanol–water partition coefficient (Wildman–Crippen LogP) is 3.92. The Hall–Kier alpha value is -1.23. The molecule has 0 fully saturated rings. The molecule has 0 spiro atoms. The Bertz CT molecular complexity index is 498. The first kappa shape index (κ1) is 15.2. The quantitative estimate of drug-likeness (QED) is 0.839. The number of thiophene rings is 1. The average molecular weight is 293 g/mol. The van der Waals surface area contributed by atoms with Crippen LogP contribution in [-0.2, 0) is 11.2 Å². The maximum atomic E-state index is 13.0. The van der Waals surface area contributed by atoms with Gasteiger partial charge in [-0.1, -0.05) is 25.1 Å². The average Bonchev–Trinajstić information content (AvgIpc) is 2.97. The fourth-order valence-corrected chi connectivity index (χ4v) is 2.77. The van der Waals surface area contributed by atoms with Gasteiger partial charge in [0.25, 0.3) is 0 Å². The molecule has 0 saturated carbocycles. The number of benzene rings is 1. The SMILES string of the molecule is CCC(N)C(OCCc1cccs1)c1ccc(F)cc1. The minimum absolute atomic E-state index is 0.0798. The van der Waals surface area contributed by atoms with Gasteiger partial charge in [-0.2, -0.15) is 0 Å². The molecule has 0 aliphatic heterocycles. The third-order valence-electron chi connectivity index (χ3n) is 3.28. The van der Waals surface area contributed by atoms with Gasteiger partial charge in [-0.25, -0.2) is 4.39 Å². The second kappa shape index (κ2) is 7.53. The molecule has 0 amide bonds. The zero-order valence-electron chi connectivity index (χ0n) is 11.6. The minimum Gasteiger partial charge on any atom is -0.372 e. The number of ether oxygens (including phenoxy) is 1. The molecular weight excluding hydrogens is 273 g/mol. The van der Waals surface area contributed by atoms with Crippen LogP contribution in [0.15, 0.2) is 41.8 Å². The standard InChI is InChI=1S/C16H20FNOS/c1-2-15(18)16(12-5-7-13(17)8-6-12)19-10-9-14-4-3-11-20-14/h3-8,11,15-16H,2,9-10,18H2,1H3. The lowest BCUT2D eigenvalue weighted by Crippen LogP contribution is -2.30. The molecule has 2 rings (SSSR count). The second-order valence-electron chi connectivity index (χ2n) is 4.74. The first-order valence-electron chi connectivity index (χ1n) is 6.85. The van der Waals surface area contributed by atoms with E-state index < -0.39 is 0 Å². The van der Waals surface area contributed by atoms with Crippen molar-refractivity contribution >= 4 is 11.3 Å². The van der Waals surface area contributed by atoms with Crippen LogP contribution >= 0.6 is 11.3 Å². The molecule has 2 atom stereocenters. The molecule has 1 aromatic carbocycles. The van der Waals surface area contributed by atoms with Crippen LogP contribution in [0.25, 0.3) is 0 Å². The Morgan fingerprint density at radius 2 is 2.00 bits per heavy atom. The highest BCUT2D eigenvalue weighted by Gasteiger charge is 2.19. The number of hydrogen-bond acceptors (Lipinski definition) is 3. The van der Waals surface area contributed by atoms with Gasteiger partial charge in [-0.15, -0.1) is 11.3 Å². The molecular formula is C16H20FNOS. The van der Waals surface area contributed by atoms with Crippen LogP contribution in [0.2, 0.25) is 0 Å². The van der Waals surface area contributed by atoms with Gasteiger partial charge in [0.15, 0.2) is 0 Å². The van der Waals surface area contributed by atoms with Gasteiger partial charge in [0.2, 0.25) is 0 Å². The molecule has 0 saturated heterocycles. The van der Waals surface area contributed by atoms with Gasteiger partial charge in [-0.05, 0) is 35.6 Å². The maximum Gasteiger partial charge on any atom is 0.123 e. The highest BCUT2D eigenvalue weighted by molar-refractivity contribution is 7.09. The molecule has 0 radical (unpaired) electrons. The van der Waals surface area contributed by atoms with Crippen molar-refractivity contribution < 1.29 is 9.13 Å². The summed E-state index contributed by atoms with van der Waals surface area (Å²) in [6, 6.07) is 10.5. The molecule has 2 aromatic rings. The Balaban J connectivity index is 1.98.